The highest BCUT2D eigenvalue weighted by Gasteiger charge is 2.47. The molecule has 0 bridgehead atoms. The topological polar surface area (TPSA) is 214 Å². The Hall–Kier alpha value is -2.57. The molecule has 2 aliphatic heterocycles. The molecule has 0 radical (unpaired) electrons. The third-order valence-electron chi connectivity index (χ3n) is 11.7. The molecular formula is C53H90O14. The number of carbonyl (C=O) groups excluding carboxylic acids is 1. The van der Waals surface area contributed by atoms with Crippen molar-refractivity contribution in [1.29, 1.82) is 0 Å². The van der Waals surface area contributed by atoms with Crippen LogP contribution in [0.2, 0.25) is 0 Å². The van der Waals surface area contributed by atoms with Gasteiger partial charge in [-0.1, -0.05) is 151 Å². The number of aliphatic hydroxyl groups excluding tert-OH is 7. The van der Waals surface area contributed by atoms with Gasteiger partial charge in [0.05, 0.1) is 33.0 Å². The highest BCUT2D eigenvalue weighted by molar-refractivity contribution is 5.69. The maximum atomic E-state index is 13.0. The van der Waals surface area contributed by atoms with E-state index >= 15 is 0 Å². The molecule has 2 rings (SSSR count). The van der Waals surface area contributed by atoms with E-state index in [9.17, 15) is 40.5 Å². The monoisotopic (exact) mass is 951 g/mol. The van der Waals surface area contributed by atoms with Crippen molar-refractivity contribution in [2.75, 3.05) is 33.0 Å². The van der Waals surface area contributed by atoms with Crippen LogP contribution in [0.15, 0.2) is 72.9 Å². The van der Waals surface area contributed by atoms with Crippen molar-refractivity contribution in [3.63, 3.8) is 0 Å². The minimum Gasteiger partial charge on any atom is -0.457 e. The van der Waals surface area contributed by atoms with Crippen LogP contribution in [0.5, 0.6) is 0 Å². The molecule has 7 N–H and O–H groups in total. The van der Waals surface area contributed by atoms with Crippen LogP contribution in [-0.2, 0) is 33.2 Å². The Labute approximate surface area is 402 Å². The number of allylic oxidation sites excluding steroid dienone is 11. The van der Waals surface area contributed by atoms with Crippen molar-refractivity contribution < 1.29 is 69.0 Å². The molecule has 2 fully saturated rings. The van der Waals surface area contributed by atoms with E-state index in [2.05, 4.69) is 80.7 Å². The van der Waals surface area contributed by atoms with Crippen LogP contribution < -0.4 is 0 Å². The number of unbranched alkanes of at least 4 members (excludes halogenated alkanes) is 13. The van der Waals surface area contributed by atoms with E-state index in [1.54, 1.807) is 0 Å². The molecule has 67 heavy (non-hydrogen) atoms. The van der Waals surface area contributed by atoms with Gasteiger partial charge >= 0.3 is 5.97 Å². The molecule has 0 amide bonds. The number of aliphatic hydroxyl groups is 7. The number of hydrogen-bond acceptors (Lipinski definition) is 14. The molecule has 0 aliphatic carbocycles. The van der Waals surface area contributed by atoms with E-state index in [1.807, 2.05) is 6.08 Å². The second-order valence-electron chi connectivity index (χ2n) is 17.6. The number of ether oxygens (including phenoxy) is 6. The molecule has 0 aromatic rings. The van der Waals surface area contributed by atoms with Gasteiger partial charge in [-0.25, -0.2) is 0 Å². The average Bonchev–Trinajstić information content (AvgIpc) is 3.32. The Morgan fingerprint density at radius 3 is 1.52 bits per heavy atom. The normalized spacial score (nSPS) is 26.7. The van der Waals surface area contributed by atoms with E-state index < -0.39 is 86.7 Å². The Kier molecular flexibility index (Phi) is 36.3. The van der Waals surface area contributed by atoms with Gasteiger partial charge in [-0.15, -0.1) is 0 Å². The zero-order valence-electron chi connectivity index (χ0n) is 40.9. The van der Waals surface area contributed by atoms with Crippen LogP contribution in [0.25, 0.3) is 0 Å². The lowest BCUT2D eigenvalue weighted by Gasteiger charge is -2.42. The fraction of sp³-hybridized carbons (Fsp3) is 0.755. The Morgan fingerprint density at radius 1 is 0.507 bits per heavy atom. The molecule has 0 aromatic heterocycles. The first-order valence-electron chi connectivity index (χ1n) is 25.5. The standard InChI is InChI=1S/C53H90O14/c1-3-5-7-9-11-13-15-17-19-21-22-24-26-28-30-32-34-36-45(55)65-42(39-62-37-35-33-31-29-27-25-23-20-18-16-14-12-10-8-6-4-2)40-63-52-51(61)49(59)47(57)44(67-52)41-64-53-50(60)48(58)46(56)43(38-54)66-53/h6,8,12,14,17-20,25,27,31,33,42-44,46-54,56-61H,3-5,7,9-11,13,15-16,21-24,26,28-30,32,34-41H2,1-2H3/b8-6-,14-12-,19-17-,20-18-,27-25-,33-31-. The highest BCUT2D eigenvalue weighted by Crippen LogP contribution is 2.26. The highest BCUT2D eigenvalue weighted by atomic mass is 16.7. The lowest BCUT2D eigenvalue weighted by atomic mass is 9.98. The molecule has 0 aromatic carbocycles. The van der Waals surface area contributed by atoms with Crippen molar-refractivity contribution in [2.24, 2.45) is 0 Å². The maximum absolute atomic E-state index is 13.0. The molecule has 386 valence electrons. The van der Waals surface area contributed by atoms with Crippen molar-refractivity contribution in [3.8, 4) is 0 Å². The fourth-order valence-electron chi connectivity index (χ4n) is 7.58. The van der Waals surface area contributed by atoms with Gasteiger partial charge in [0, 0.05) is 6.42 Å². The van der Waals surface area contributed by atoms with Crippen LogP contribution in [0.3, 0.4) is 0 Å². The van der Waals surface area contributed by atoms with Gasteiger partial charge in [-0.2, -0.15) is 0 Å². The summed E-state index contributed by atoms with van der Waals surface area (Å²) in [5.74, 6) is -0.408. The van der Waals surface area contributed by atoms with Gasteiger partial charge in [-0.05, 0) is 70.6 Å². The molecule has 0 saturated carbocycles. The zero-order chi connectivity index (χ0) is 48.7. The van der Waals surface area contributed by atoms with Crippen molar-refractivity contribution in [2.45, 2.75) is 223 Å². The van der Waals surface area contributed by atoms with Crippen LogP contribution in [0, 0.1) is 0 Å². The second kappa shape index (κ2) is 40.2. The van der Waals surface area contributed by atoms with Crippen LogP contribution in [0.1, 0.15) is 155 Å². The molecule has 14 nitrogen and oxygen atoms in total. The zero-order valence-corrected chi connectivity index (χ0v) is 40.9. The Bertz CT molecular complexity index is 1380. The summed E-state index contributed by atoms with van der Waals surface area (Å²) < 4.78 is 34.1. The lowest BCUT2D eigenvalue weighted by molar-refractivity contribution is -0.332. The summed E-state index contributed by atoms with van der Waals surface area (Å²) in [7, 11) is 0. The van der Waals surface area contributed by atoms with E-state index in [-0.39, 0.29) is 19.6 Å². The third kappa shape index (κ3) is 28.0. The second-order valence-corrected chi connectivity index (χ2v) is 17.6. The first kappa shape index (κ1) is 60.6. The smallest absolute Gasteiger partial charge is 0.306 e. The van der Waals surface area contributed by atoms with Crippen molar-refractivity contribution in [3.05, 3.63) is 72.9 Å². The van der Waals surface area contributed by atoms with Crippen LogP contribution >= 0.6 is 0 Å². The average molecular weight is 951 g/mol. The Morgan fingerprint density at radius 2 is 0.970 bits per heavy atom. The summed E-state index contributed by atoms with van der Waals surface area (Å²) in [5, 5.41) is 72.1. The molecule has 14 heteroatoms. The summed E-state index contributed by atoms with van der Waals surface area (Å²) >= 11 is 0. The first-order valence-corrected chi connectivity index (χ1v) is 25.5. The summed E-state index contributed by atoms with van der Waals surface area (Å²) in [5.41, 5.74) is 0. The summed E-state index contributed by atoms with van der Waals surface area (Å²) in [6.45, 7) is 3.32. The maximum Gasteiger partial charge on any atom is 0.306 e. The van der Waals surface area contributed by atoms with Gasteiger partial charge in [0.15, 0.2) is 12.6 Å². The van der Waals surface area contributed by atoms with Gasteiger partial charge < -0.3 is 64.2 Å². The third-order valence-corrected chi connectivity index (χ3v) is 11.7. The minimum absolute atomic E-state index is 0.00231. The quantitative estimate of drug-likeness (QED) is 0.0181. The molecule has 11 atom stereocenters. The number of carbonyl (C=O) groups is 1. The molecule has 0 spiro atoms. The predicted molar refractivity (Wildman–Crippen MR) is 261 cm³/mol. The fourth-order valence-corrected chi connectivity index (χ4v) is 7.58. The Balaban J connectivity index is 1.81. The predicted octanol–water partition coefficient (Wildman–Crippen LogP) is 7.51. The first-order chi connectivity index (χ1) is 32.6. The molecule has 11 unspecified atom stereocenters. The van der Waals surface area contributed by atoms with Crippen LogP contribution in [0.4, 0.5) is 0 Å². The SMILES string of the molecule is CC/C=C\C/C=C\C/C=C\C/C=C\C/C=C\CCOCC(COC1OC(COC2OC(CO)C(O)C(O)C2O)C(O)C(O)C1O)OC(=O)CCCCCCCCC/C=C\CCCCCCCC. The molecule has 2 aliphatic rings. The van der Waals surface area contributed by atoms with Crippen molar-refractivity contribution in [1.82, 2.24) is 0 Å². The van der Waals surface area contributed by atoms with E-state index in [1.165, 1.54) is 64.2 Å². The van der Waals surface area contributed by atoms with Gasteiger partial charge in [0.25, 0.3) is 0 Å². The lowest BCUT2D eigenvalue weighted by Crippen LogP contribution is -2.61. The molecular weight excluding hydrogens is 861 g/mol. The van der Waals surface area contributed by atoms with E-state index in [0.29, 0.717) is 19.4 Å². The number of rotatable bonds is 39. The van der Waals surface area contributed by atoms with Gasteiger partial charge in [-0.3, -0.25) is 4.79 Å². The van der Waals surface area contributed by atoms with Gasteiger partial charge in [0.2, 0.25) is 0 Å². The largest absolute Gasteiger partial charge is 0.457 e. The number of hydrogen-bond donors (Lipinski definition) is 7. The van der Waals surface area contributed by atoms with Gasteiger partial charge in [0.1, 0.15) is 54.9 Å². The molecule has 2 heterocycles. The molecule has 2 saturated heterocycles. The van der Waals surface area contributed by atoms with Crippen LogP contribution in [-0.4, -0.2) is 142 Å². The van der Waals surface area contributed by atoms with E-state index in [4.69, 9.17) is 28.4 Å². The van der Waals surface area contributed by atoms with E-state index in [0.717, 1.165) is 57.8 Å². The summed E-state index contributed by atoms with van der Waals surface area (Å²) in [6.07, 6.45) is 32.7. The minimum atomic E-state index is -1.72. The van der Waals surface area contributed by atoms with Crippen molar-refractivity contribution >= 4 is 5.97 Å². The summed E-state index contributed by atoms with van der Waals surface area (Å²) in [6, 6.07) is 0. The summed E-state index contributed by atoms with van der Waals surface area (Å²) in [4.78, 5) is 13.0. The number of esters is 1.